The third kappa shape index (κ3) is 3.48. The highest BCUT2D eigenvalue weighted by Gasteiger charge is 2.00. The summed E-state index contributed by atoms with van der Waals surface area (Å²) in [5.74, 6) is 0.234. The van der Waals surface area contributed by atoms with Gasteiger partial charge in [0, 0.05) is 18.9 Å². The molecule has 13 heavy (non-hydrogen) atoms. The highest BCUT2D eigenvalue weighted by Crippen LogP contribution is 1.92. The first kappa shape index (κ1) is 9.40. The quantitative estimate of drug-likeness (QED) is 0.593. The second kappa shape index (κ2) is 5.04. The Morgan fingerprint density at radius 2 is 2.15 bits per heavy atom. The van der Waals surface area contributed by atoms with E-state index in [0.29, 0.717) is 0 Å². The lowest BCUT2D eigenvalue weighted by molar-refractivity contribution is 0.244. The van der Waals surface area contributed by atoms with E-state index in [0.717, 1.165) is 0 Å². The molecule has 6 nitrogen and oxygen atoms in total. The standard InChI is InChI=1S/C7H10N4O2/c12-5-4-10-7(13)11-6-8-2-1-3-9-6/h1-3,12H,4-5H2,(H2,8,9,10,11,13). The number of aliphatic hydroxyl groups is 1. The van der Waals surface area contributed by atoms with Crippen molar-refractivity contribution < 1.29 is 9.90 Å². The molecule has 1 aromatic heterocycles. The van der Waals surface area contributed by atoms with Crippen LogP contribution in [0.3, 0.4) is 0 Å². The maximum Gasteiger partial charge on any atom is 0.321 e. The van der Waals surface area contributed by atoms with Crippen molar-refractivity contribution in [2.75, 3.05) is 18.5 Å². The van der Waals surface area contributed by atoms with E-state index < -0.39 is 6.03 Å². The number of urea groups is 1. The summed E-state index contributed by atoms with van der Waals surface area (Å²) in [6.45, 7) is 0.113. The number of hydrogen-bond donors (Lipinski definition) is 3. The number of carbonyl (C=O) groups excluding carboxylic acids is 1. The number of hydrogen-bond acceptors (Lipinski definition) is 4. The average Bonchev–Trinajstić information content (AvgIpc) is 2.16. The molecule has 0 fully saturated rings. The van der Waals surface area contributed by atoms with Crippen LogP contribution >= 0.6 is 0 Å². The predicted molar refractivity (Wildman–Crippen MR) is 46.1 cm³/mol. The van der Waals surface area contributed by atoms with Crippen LogP contribution in [0.1, 0.15) is 0 Å². The van der Waals surface area contributed by atoms with Gasteiger partial charge in [-0.05, 0) is 6.07 Å². The Morgan fingerprint density at radius 1 is 1.46 bits per heavy atom. The lowest BCUT2D eigenvalue weighted by Gasteiger charge is -2.03. The van der Waals surface area contributed by atoms with Gasteiger partial charge in [-0.3, -0.25) is 5.32 Å². The SMILES string of the molecule is O=C(NCCO)Nc1ncccn1. The topological polar surface area (TPSA) is 87.1 Å². The molecule has 6 heteroatoms. The third-order valence-corrected chi connectivity index (χ3v) is 1.19. The van der Waals surface area contributed by atoms with Gasteiger partial charge in [-0.2, -0.15) is 0 Å². The van der Waals surface area contributed by atoms with Crippen molar-refractivity contribution >= 4 is 12.0 Å². The molecular formula is C7H10N4O2. The van der Waals surface area contributed by atoms with E-state index in [-0.39, 0.29) is 19.1 Å². The van der Waals surface area contributed by atoms with Gasteiger partial charge in [-0.1, -0.05) is 0 Å². The van der Waals surface area contributed by atoms with Gasteiger partial charge in [0.25, 0.3) is 0 Å². The molecule has 0 radical (unpaired) electrons. The molecule has 1 rings (SSSR count). The largest absolute Gasteiger partial charge is 0.395 e. The van der Waals surface area contributed by atoms with Gasteiger partial charge >= 0.3 is 6.03 Å². The van der Waals surface area contributed by atoms with E-state index in [1.165, 1.54) is 12.4 Å². The molecule has 0 unspecified atom stereocenters. The highest BCUT2D eigenvalue weighted by molar-refractivity contribution is 5.87. The van der Waals surface area contributed by atoms with Crippen LogP contribution in [0.25, 0.3) is 0 Å². The second-order valence-electron chi connectivity index (χ2n) is 2.18. The minimum absolute atomic E-state index is 0.0942. The predicted octanol–water partition coefficient (Wildman–Crippen LogP) is -0.410. The Morgan fingerprint density at radius 3 is 2.77 bits per heavy atom. The number of rotatable bonds is 3. The number of amides is 2. The molecule has 0 spiro atoms. The van der Waals surface area contributed by atoms with E-state index in [4.69, 9.17) is 5.11 Å². The zero-order chi connectivity index (χ0) is 9.52. The van der Waals surface area contributed by atoms with E-state index >= 15 is 0 Å². The smallest absolute Gasteiger partial charge is 0.321 e. The Hall–Kier alpha value is -1.69. The van der Waals surface area contributed by atoms with Crippen molar-refractivity contribution in [3.05, 3.63) is 18.5 Å². The first-order chi connectivity index (χ1) is 6.33. The number of aromatic nitrogens is 2. The molecular weight excluding hydrogens is 172 g/mol. The molecule has 0 saturated carbocycles. The van der Waals surface area contributed by atoms with Crippen LogP contribution in [0.2, 0.25) is 0 Å². The van der Waals surface area contributed by atoms with Crippen LogP contribution < -0.4 is 10.6 Å². The molecule has 0 aliphatic heterocycles. The van der Waals surface area contributed by atoms with Crippen molar-refractivity contribution in [2.45, 2.75) is 0 Å². The third-order valence-electron chi connectivity index (χ3n) is 1.19. The number of nitrogens with one attached hydrogen (secondary N) is 2. The highest BCUT2D eigenvalue weighted by atomic mass is 16.3. The molecule has 0 bridgehead atoms. The minimum atomic E-state index is -0.430. The average molecular weight is 182 g/mol. The Bertz CT molecular complexity index is 264. The summed E-state index contributed by atoms with van der Waals surface area (Å²) in [5.41, 5.74) is 0. The first-order valence-electron chi connectivity index (χ1n) is 3.75. The summed E-state index contributed by atoms with van der Waals surface area (Å²) in [6.07, 6.45) is 3.04. The van der Waals surface area contributed by atoms with Crippen LogP contribution in [0, 0.1) is 0 Å². The molecule has 1 aromatic rings. The summed E-state index contributed by atoms with van der Waals surface area (Å²) >= 11 is 0. The number of carbonyl (C=O) groups is 1. The molecule has 0 aromatic carbocycles. The van der Waals surface area contributed by atoms with Crippen molar-refractivity contribution in [1.29, 1.82) is 0 Å². The van der Waals surface area contributed by atoms with Gasteiger partial charge in [0.05, 0.1) is 6.61 Å². The fraction of sp³-hybridized carbons (Fsp3) is 0.286. The lowest BCUT2D eigenvalue weighted by Crippen LogP contribution is -2.31. The lowest BCUT2D eigenvalue weighted by atomic mass is 10.6. The monoisotopic (exact) mass is 182 g/mol. The van der Waals surface area contributed by atoms with Gasteiger partial charge in [-0.25, -0.2) is 14.8 Å². The minimum Gasteiger partial charge on any atom is -0.395 e. The molecule has 3 N–H and O–H groups in total. The molecule has 2 amide bonds. The van der Waals surface area contributed by atoms with Gasteiger partial charge in [0.2, 0.25) is 5.95 Å². The van der Waals surface area contributed by atoms with Crippen LogP contribution in [-0.2, 0) is 0 Å². The summed E-state index contributed by atoms with van der Waals surface area (Å²) in [7, 11) is 0. The van der Waals surface area contributed by atoms with Crippen molar-refractivity contribution in [1.82, 2.24) is 15.3 Å². The molecule has 0 atom stereocenters. The van der Waals surface area contributed by atoms with Crippen molar-refractivity contribution in [3.8, 4) is 0 Å². The van der Waals surface area contributed by atoms with Gasteiger partial charge in [0.1, 0.15) is 0 Å². The Labute approximate surface area is 75.0 Å². The number of nitrogens with zero attached hydrogens (tertiary/aromatic N) is 2. The zero-order valence-electron chi connectivity index (χ0n) is 6.90. The summed E-state index contributed by atoms with van der Waals surface area (Å²) in [5, 5.41) is 13.2. The van der Waals surface area contributed by atoms with Gasteiger partial charge in [-0.15, -0.1) is 0 Å². The first-order valence-corrected chi connectivity index (χ1v) is 3.75. The Kier molecular flexibility index (Phi) is 3.65. The molecule has 0 aliphatic carbocycles. The second-order valence-corrected chi connectivity index (χ2v) is 2.18. The molecule has 0 saturated heterocycles. The van der Waals surface area contributed by atoms with E-state index in [9.17, 15) is 4.79 Å². The fourth-order valence-corrected chi connectivity index (χ4v) is 0.679. The van der Waals surface area contributed by atoms with Gasteiger partial charge < -0.3 is 10.4 Å². The summed E-state index contributed by atoms with van der Waals surface area (Å²) in [4.78, 5) is 18.5. The summed E-state index contributed by atoms with van der Waals surface area (Å²) in [6, 6.07) is 1.22. The number of anilines is 1. The van der Waals surface area contributed by atoms with E-state index in [2.05, 4.69) is 20.6 Å². The van der Waals surface area contributed by atoms with Crippen LogP contribution in [0.5, 0.6) is 0 Å². The molecule has 1 heterocycles. The van der Waals surface area contributed by atoms with Gasteiger partial charge in [0.15, 0.2) is 0 Å². The van der Waals surface area contributed by atoms with Crippen LogP contribution in [0.15, 0.2) is 18.5 Å². The Balaban J connectivity index is 2.37. The maximum atomic E-state index is 11.0. The van der Waals surface area contributed by atoms with E-state index in [1.807, 2.05) is 0 Å². The molecule has 0 aliphatic rings. The summed E-state index contributed by atoms with van der Waals surface area (Å²) < 4.78 is 0. The normalized spacial score (nSPS) is 9.31. The van der Waals surface area contributed by atoms with Crippen molar-refractivity contribution in [3.63, 3.8) is 0 Å². The van der Waals surface area contributed by atoms with Crippen molar-refractivity contribution in [2.24, 2.45) is 0 Å². The molecule has 70 valence electrons. The maximum absolute atomic E-state index is 11.0. The van der Waals surface area contributed by atoms with E-state index in [1.54, 1.807) is 6.07 Å². The number of aliphatic hydroxyl groups excluding tert-OH is 1. The zero-order valence-corrected chi connectivity index (χ0v) is 6.90. The fourth-order valence-electron chi connectivity index (χ4n) is 0.679. The van der Waals surface area contributed by atoms with Crippen LogP contribution in [-0.4, -0.2) is 34.3 Å². The van der Waals surface area contributed by atoms with Crippen LogP contribution in [0.4, 0.5) is 10.7 Å².